The number of likely N-dealkylation sites (tertiary alicyclic amines) is 1. The topological polar surface area (TPSA) is 32.3 Å². The largest absolute Gasteiger partial charge is 0.352 e. The van der Waals surface area contributed by atoms with Crippen LogP contribution in [0.2, 0.25) is 5.02 Å². The number of nitrogens with one attached hydrogen (secondary N) is 1. The summed E-state index contributed by atoms with van der Waals surface area (Å²) in [5, 5.41) is 3.13. The summed E-state index contributed by atoms with van der Waals surface area (Å²) in [5.74, 6) is 0.527. The molecule has 1 aromatic carbocycles. The van der Waals surface area contributed by atoms with Gasteiger partial charge < -0.3 is 10.2 Å². The van der Waals surface area contributed by atoms with Crippen LogP contribution in [-0.2, 0) is 0 Å². The minimum atomic E-state index is -0.541. The number of benzene rings is 1. The Labute approximate surface area is 136 Å². The van der Waals surface area contributed by atoms with Crippen LogP contribution in [0.3, 0.4) is 0 Å². The lowest BCUT2D eigenvalue weighted by Crippen LogP contribution is -2.40. The van der Waals surface area contributed by atoms with Crippen molar-refractivity contribution in [1.82, 2.24) is 10.2 Å². The number of hydrogen-bond acceptors (Lipinski definition) is 2. The molecule has 3 nitrogen and oxygen atoms in total. The van der Waals surface area contributed by atoms with Crippen LogP contribution in [0, 0.1) is 17.7 Å². The van der Waals surface area contributed by atoms with E-state index in [-0.39, 0.29) is 5.56 Å². The van der Waals surface area contributed by atoms with Gasteiger partial charge in [-0.15, -0.1) is 0 Å². The van der Waals surface area contributed by atoms with Gasteiger partial charge in [-0.05, 0) is 49.4 Å². The van der Waals surface area contributed by atoms with Crippen molar-refractivity contribution < 1.29 is 9.18 Å². The Morgan fingerprint density at radius 3 is 2.73 bits per heavy atom. The first-order chi connectivity index (χ1) is 10.5. The molecule has 1 N–H and O–H groups in total. The van der Waals surface area contributed by atoms with Crippen molar-refractivity contribution in [3.63, 3.8) is 0 Å². The Hall–Kier alpha value is -1.13. The van der Waals surface area contributed by atoms with Gasteiger partial charge in [-0.25, -0.2) is 4.39 Å². The molecule has 0 bridgehead atoms. The Balaban J connectivity index is 1.74. The Kier molecular flexibility index (Phi) is 6.21. The van der Waals surface area contributed by atoms with Crippen LogP contribution < -0.4 is 5.32 Å². The highest BCUT2D eigenvalue weighted by Crippen LogP contribution is 2.20. The maximum Gasteiger partial charge on any atom is 0.254 e. The molecule has 1 aliphatic rings. The molecule has 2 atom stereocenters. The molecule has 0 radical (unpaired) electrons. The third kappa shape index (κ3) is 4.96. The maximum atomic E-state index is 13.6. The quantitative estimate of drug-likeness (QED) is 0.839. The van der Waals surface area contributed by atoms with Crippen molar-refractivity contribution in [2.45, 2.75) is 26.7 Å². The van der Waals surface area contributed by atoms with Gasteiger partial charge in [-0.3, -0.25) is 4.79 Å². The van der Waals surface area contributed by atoms with Gasteiger partial charge in [0.2, 0.25) is 0 Å². The van der Waals surface area contributed by atoms with Gasteiger partial charge in [0.25, 0.3) is 5.91 Å². The van der Waals surface area contributed by atoms with Gasteiger partial charge in [0.05, 0.1) is 5.56 Å². The lowest BCUT2D eigenvalue weighted by Gasteiger charge is -2.34. The average Bonchev–Trinajstić information content (AvgIpc) is 2.45. The van der Waals surface area contributed by atoms with E-state index in [0.29, 0.717) is 11.6 Å². The molecule has 1 aromatic rings. The van der Waals surface area contributed by atoms with E-state index >= 15 is 0 Å². The van der Waals surface area contributed by atoms with Gasteiger partial charge in [0.15, 0.2) is 0 Å². The number of carbonyl (C=O) groups is 1. The predicted molar refractivity (Wildman–Crippen MR) is 87.7 cm³/mol. The van der Waals surface area contributed by atoms with Crippen LogP contribution in [0.15, 0.2) is 18.2 Å². The summed E-state index contributed by atoms with van der Waals surface area (Å²) < 4.78 is 13.6. The fourth-order valence-electron chi connectivity index (χ4n) is 3.25. The Morgan fingerprint density at radius 1 is 1.36 bits per heavy atom. The van der Waals surface area contributed by atoms with Crippen LogP contribution in [0.25, 0.3) is 0 Å². The van der Waals surface area contributed by atoms with Crippen LogP contribution >= 0.6 is 11.6 Å². The zero-order valence-corrected chi connectivity index (χ0v) is 14.0. The summed E-state index contributed by atoms with van der Waals surface area (Å²) in [6.07, 6.45) is 2.16. The van der Waals surface area contributed by atoms with E-state index in [0.717, 1.165) is 37.9 Å². The molecule has 0 spiro atoms. The Morgan fingerprint density at radius 2 is 2.05 bits per heavy atom. The highest BCUT2D eigenvalue weighted by atomic mass is 35.5. The van der Waals surface area contributed by atoms with Gasteiger partial charge in [0, 0.05) is 24.7 Å². The van der Waals surface area contributed by atoms with E-state index < -0.39 is 11.7 Å². The lowest BCUT2D eigenvalue weighted by molar-refractivity contribution is 0.0943. The third-order valence-electron chi connectivity index (χ3n) is 4.05. The fourth-order valence-corrected chi connectivity index (χ4v) is 3.42. The monoisotopic (exact) mass is 326 g/mol. The summed E-state index contributed by atoms with van der Waals surface area (Å²) in [6, 6.07) is 4.01. The zero-order valence-electron chi connectivity index (χ0n) is 13.2. The van der Waals surface area contributed by atoms with Gasteiger partial charge in [-0.2, -0.15) is 0 Å². The number of nitrogens with zero attached hydrogens (tertiary/aromatic N) is 1. The van der Waals surface area contributed by atoms with E-state index in [1.165, 1.54) is 24.6 Å². The minimum Gasteiger partial charge on any atom is -0.352 e. The fraction of sp³-hybridized carbons (Fsp3) is 0.588. The third-order valence-corrected chi connectivity index (χ3v) is 4.29. The Bertz CT molecular complexity index is 513. The smallest absolute Gasteiger partial charge is 0.254 e. The van der Waals surface area contributed by atoms with Crippen LogP contribution in [-0.4, -0.2) is 37.0 Å². The van der Waals surface area contributed by atoms with Crippen molar-refractivity contribution in [2.24, 2.45) is 11.8 Å². The molecular weight excluding hydrogens is 303 g/mol. The second-order valence-corrected chi connectivity index (χ2v) is 6.88. The molecule has 5 heteroatoms. The van der Waals surface area contributed by atoms with E-state index in [4.69, 9.17) is 11.6 Å². The van der Waals surface area contributed by atoms with Crippen molar-refractivity contribution in [3.05, 3.63) is 34.6 Å². The van der Waals surface area contributed by atoms with E-state index in [2.05, 4.69) is 24.1 Å². The lowest BCUT2D eigenvalue weighted by atomic mass is 9.92. The SMILES string of the molecule is C[C@H]1C[C@H](C)CN(CCCNC(=O)c2cc(Cl)ccc2F)C1. The summed E-state index contributed by atoms with van der Waals surface area (Å²) in [6.45, 7) is 8.33. The van der Waals surface area contributed by atoms with Crippen molar-refractivity contribution in [2.75, 3.05) is 26.2 Å². The van der Waals surface area contributed by atoms with Crippen molar-refractivity contribution in [3.8, 4) is 0 Å². The molecule has 2 rings (SSSR count). The van der Waals surface area contributed by atoms with E-state index in [9.17, 15) is 9.18 Å². The molecule has 0 aliphatic carbocycles. The minimum absolute atomic E-state index is 0.00715. The molecule has 1 saturated heterocycles. The summed E-state index contributed by atoms with van der Waals surface area (Å²) in [4.78, 5) is 14.4. The highest BCUT2D eigenvalue weighted by molar-refractivity contribution is 6.30. The average molecular weight is 327 g/mol. The standard InChI is InChI=1S/C17H24ClFN2O/c1-12-8-13(2)11-21(10-12)7-3-6-20-17(22)15-9-14(18)4-5-16(15)19/h4-5,9,12-13H,3,6-8,10-11H2,1-2H3,(H,20,22)/t12-,13-/m0/s1. The van der Waals surface area contributed by atoms with Gasteiger partial charge in [-0.1, -0.05) is 25.4 Å². The molecule has 1 heterocycles. The summed E-state index contributed by atoms with van der Waals surface area (Å²) in [7, 11) is 0. The molecule has 1 amide bonds. The first kappa shape index (κ1) is 17.2. The number of piperidine rings is 1. The van der Waals surface area contributed by atoms with Crippen LogP contribution in [0.1, 0.15) is 37.0 Å². The predicted octanol–water partition coefficient (Wildman–Crippen LogP) is 3.58. The maximum absolute atomic E-state index is 13.6. The number of rotatable bonds is 5. The molecular formula is C17H24ClFN2O. The molecule has 0 unspecified atom stereocenters. The normalized spacial score (nSPS) is 22.5. The van der Waals surface area contributed by atoms with Gasteiger partial charge in [0.1, 0.15) is 5.82 Å². The van der Waals surface area contributed by atoms with E-state index in [1.54, 1.807) is 0 Å². The number of carbonyl (C=O) groups excluding carboxylic acids is 1. The molecule has 122 valence electrons. The van der Waals surface area contributed by atoms with Crippen LogP contribution in [0.5, 0.6) is 0 Å². The molecule has 0 aromatic heterocycles. The number of amides is 1. The first-order valence-corrected chi connectivity index (χ1v) is 8.29. The molecule has 1 fully saturated rings. The molecule has 0 saturated carbocycles. The zero-order chi connectivity index (χ0) is 16.1. The highest BCUT2D eigenvalue weighted by Gasteiger charge is 2.21. The van der Waals surface area contributed by atoms with Gasteiger partial charge >= 0.3 is 0 Å². The van der Waals surface area contributed by atoms with E-state index in [1.807, 2.05) is 0 Å². The molecule has 22 heavy (non-hydrogen) atoms. The second kappa shape index (κ2) is 7.93. The first-order valence-electron chi connectivity index (χ1n) is 7.91. The van der Waals surface area contributed by atoms with Crippen LogP contribution in [0.4, 0.5) is 4.39 Å². The molecule has 1 aliphatic heterocycles. The summed E-state index contributed by atoms with van der Waals surface area (Å²) >= 11 is 5.80. The van der Waals surface area contributed by atoms with Crippen molar-refractivity contribution in [1.29, 1.82) is 0 Å². The number of halogens is 2. The second-order valence-electron chi connectivity index (χ2n) is 6.44. The van der Waals surface area contributed by atoms with Crippen molar-refractivity contribution >= 4 is 17.5 Å². The summed E-state index contributed by atoms with van der Waals surface area (Å²) in [5.41, 5.74) is 0.00715. The number of hydrogen-bond donors (Lipinski definition) is 1.